The fraction of sp³-hybridized carbons (Fsp3) is 0.286. The van der Waals surface area contributed by atoms with E-state index >= 15 is 0 Å². The van der Waals surface area contributed by atoms with E-state index in [1.165, 1.54) is 26.5 Å². The second kappa shape index (κ2) is 3.70. The average molecular weight is 184 g/mol. The molecule has 0 aliphatic carbocycles. The van der Waals surface area contributed by atoms with Gasteiger partial charge in [-0.3, -0.25) is 10.1 Å². The van der Waals surface area contributed by atoms with Crippen LogP contribution in [-0.2, 0) is 0 Å². The Morgan fingerprint density at radius 2 is 2.15 bits per heavy atom. The molecule has 0 atom stereocenters. The predicted molar refractivity (Wildman–Crippen MR) is 44.0 cm³/mol. The van der Waals surface area contributed by atoms with E-state index in [1.807, 2.05) is 0 Å². The van der Waals surface area contributed by atoms with Crippen LogP contribution in [0, 0.1) is 10.1 Å². The average Bonchev–Trinajstić information content (AvgIpc) is 2.16. The molecule has 0 unspecified atom stereocenters. The molecule has 0 fully saturated rings. The van der Waals surface area contributed by atoms with E-state index in [-0.39, 0.29) is 17.3 Å². The first-order valence-electron chi connectivity index (χ1n) is 3.42. The van der Waals surface area contributed by atoms with Gasteiger partial charge in [-0.1, -0.05) is 0 Å². The summed E-state index contributed by atoms with van der Waals surface area (Å²) in [6.45, 7) is 0. The molecule has 1 aromatic rings. The van der Waals surface area contributed by atoms with Crippen molar-refractivity contribution in [3.8, 4) is 11.6 Å². The van der Waals surface area contributed by atoms with Crippen LogP contribution in [0.5, 0.6) is 11.6 Å². The highest BCUT2D eigenvalue weighted by Crippen LogP contribution is 2.33. The van der Waals surface area contributed by atoms with Crippen LogP contribution >= 0.6 is 0 Å². The fourth-order valence-electron chi connectivity index (χ4n) is 0.900. The van der Waals surface area contributed by atoms with E-state index < -0.39 is 4.92 Å². The van der Waals surface area contributed by atoms with Crippen LogP contribution in [0.3, 0.4) is 0 Å². The predicted octanol–water partition coefficient (Wildman–Crippen LogP) is 1.01. The zero-order valence-corrected chi connectivity index (χ0v) is 7.18. The van der Waals surface area contributed by atoms with E-state index in [9.17, 15) is 10.1 Å². The molecule has 1 rings (SSSR count). The molecule has 6 heteroatoms. The topological polar surface area (TPSA) is 74.5 Å². The zero-order valence-electron chi connectivity index (χ0n) is 7.18. The van der Waals surface area contributed by atoms with Crippen molar-refractivity contribution in [2.45, 2.75) is 0 Å². The van der Waals surface area contributed by atoms with Gasteiger partial charge in [0.05, 0.1) is 19.1 Å². The maximum absolute atomic E-state index is 10.6. The zero-order chi connectivity index (χ0) is 9.84. The van der Waals surface area contributed by atoms with Crippen molar-refractivity contribution in [1.29, 1.82) is 0 Å². The standard InChI is InChI=1S/C7H8N2O4/c1-12-5-3-4-8-7(13-2)6(5)9(10)11/h3-4H,1-2H3. The van der Waals surface area contributed by atoms with Crippen molar-refractivity contribution < 1.29 is 14.4 Å². The lowest BCUT2D eigenvalue weighted by Gasteiger charge is -2.03. The van der Waals surface area contributed by atoms with E-state index in [2.05, 4.69) is 4.98 Å². The van der Waals surface area contributed by atoms with Gasteiger partial charge in [0.1, 0.15) is 0 Å². The van der Waals surface area contributed by atoms with Crippen LogP contribution < -0.4 is 9.47 Å². The highest BCUT2D eigenvalue weighted by atomic mass is 16.6. The molecule has 6 nitrogen and oxygen atoms in total. The molecule has 0 bridgehead atoms. The first-order chi connectivity index (χ1) is 6.20. The number of hydrogen-bond donors (Lipinski definition) is 0. The van der Waals surface area contributed by atoms with Gasteiger partial charge in [0.15, 0.2) is 0 Å². The lowest BCUT2D eigenvalue weighted by atomic mass is 10.4. The van der Waals surface area contributed by atoms with E-state index in [4.69, 9.17) is 9.47 Å². The van der Waals surface area contributed by atoms with Crippen molar-refractivity contribution in [2.75, 3.05) is 14.2 Å². The molecule has 0 aliphatic heterocycles. The van der Waals surface area contributed by atoms with Crippen LogP contribution in [0.2, 0.25) is 0 Å². The molecule has 0 N–H and O–H groups in total. The number of hydrogen-bond acceptors (Lipinski definition) is 5. The third-order valence-electron chi connectivity index (χ3n) is 1.45. The van der Waals surface area contributed by atoms with E-state index in [0.717, 1.165) is 0 Å². The lowest BCUT2D eigenvalue weighted by Crippen LogP contribution is -1.98. The fourth-order valence-corrected chi connectivity index (χ4v) is 0.900. The second-order valence-corrected chi connectivity index (χ2v) is 2.13. The van der Waals surface area contributed by atoms with Crippen LogP contribution in [0.25, 0.3) is 0 Å². The monoisotopic (exact) mass is 184 g/mol. The molecule has 0 saturated heterocycles. The molecule has 1 aromatic heterocycles. The summed E-state index contributed by atoms with van der Waals surface area (Å²) in [5, 5.41) is 10.6. The quantitative estimate of drug-likeness (QED) is 0.517. The van der Waals surface area contributed by atoms with E-state index in [1.54, 1.807) is 0 Å². The van der Waals surface area contributed by atoms with E-state index in [0.29, 0.717) is 0 Å². The van der Waals surface area contributed by atoms with Gasteiger partial charge in [0.2, 0.25) is 5.75 Å². The number of nitrogens with zero attached hydrogens (tertiary/aromatic N) is 2. The molecule has 13 heavy (non-hydrogen) atoms. The van der Waals surface area contributed by atoms with Gasteiger partial charge < -0.3 is 9.47 Å². The van der Waals surface area contributed by atoms with Gasteiger partial charge in [-0.15, -0.1) is 0 Å². The third kappa shape index (κ3) is 1.66. The molecule has 0 aromatic carbocycles. The minimum atomic E-state index is -0.593. The van der Waals surface area contributed by atoms with Crippen molar-refractivity contribution in [1.82, 2.24) is 4.98 Å². The summed E-state index contributed by atoms with van der Waals surface area (Å²) < 4.78 is 9.50. The maximum Gasteiger partial charge on any atom is 0.372 e. The molecule has 0 spiro atoms. The first-order valence-corrected chi connectivity index (χ1v) is 3.42. The largest absolute Gasteiger partial charge is 0.490 e. The summed E-state index contributed by atoms with van der Waals surface area (Å²) in [4.78, 5) is 13.7. The Morgan fingerprint density at radius 3 is 2.62 bits per heavy atom. The van der Waals surface area contributed by atoms with Crippen molar-refractivity contribution in [3.05, 3.63) is 22.4 Å². The number of aromatic nitrogens is 1. The summed E-state index contributed by atoms with van der Waals surface area (Å²) in [7, 11) is 2.66. The normalized spacial score (nSPS) is 9.38. The maximum atomic E-state index is 10.6. The second-order valence-electron chi connectivity index (χ2n) is 2.13. The van der Waals surface area contributed by atoms with Crippen molar-refractivity contribution >= 4 is 5.69 Å². The van der Waals surface area contributed by atoms with Crippen LogP contribution in [0.4, 0.5) is 5.69 Å². The number of ether oxygens (including phenoxy) is 2. The van der Waals surface area contributed by atoms with Gasteiger partial charge in [-0.05, 0) is 0 Å². The molecule has 70 valence electrons. The Balaban J connectivity index is 3.29. The number of rotatable bonds is 3. The summed E-state index contributed by atoms with van der Waals surface area (Å²) in [6, 6.07) is 1.40. The molecule has 0 radical (unpaired) electrons. The van der Waals surface area contributed by atoms with Gasteiger partial charge in [-0.25, -0.2) is 4.98 Å². The highest BCUT2D eigenvalue weighted by molar-refractivity contribution is 5.52. The molecule has 0 saturated carbocycles. The molecular weight excluding hydrogens is 176 g/mol. The van der Waals surface area contributed by atoms with Gasteiger partial charge >= 0.3 is 5.69 Å². The Morgan fingerprint density at radius 1 is 1.46 bits per heavy atom. The van der Waals surface area contributed by atoms with Crippen LogP contribution in [-0.4, -0.2) is 24.1 Å². The smallest absolute Gasteiger partial charge is 0.372 e. The van der Waals surface area contributed by atoms with Gasteiger partial charge in [0.25, 0.3) is 5.88 Å². The van der Waals surface area contributed by atoms with Crippen LogP contribution in [0.15, 0.2) is 12.3 Å². The molecule has 0 aliphatic rings. The summed E-state index contributed by atoms with van der Waals surface area (Å²) in [5.41, 5.74) is -0.257. The first kappa shape index (κ1) is 9.24. The van der Waals surface area contributed by atoms with Crippen molar-refractivity contribution in [2.24, 2.45) is 0 Å². The minimum absolute atomic E-state index is 0.0515. The SMILES string of the molecule is COc1ccnc(OC)c1[N+](=O)[O-]. The van der Waals surface area contributed by atoms with Crippen molar-refractivity contribution in [3.63, 3.8) is 0 Å². The summed E-state index contributed by atoms with van der Waals surface area (Å²) in [5.74, 6) is 0.0844. The molecule has 1 heterocycles. The Hall–Kier alpha value is -1.85. The molecular formula is C7H8N2O4. The van der Waals surface area contributed by atoms with Gasteiger partial charge in [0, 0.05) is 12.3 Å². The highest BCUT2D eigenvalue weighted by Gasteiger charge is 2.22. The Kier molecular flexibility index (Phi) is 2.63. The van der Waals surface area contributed by atoms with Gasteiger partial charge in [-0.2, -0.15) is 0 Å². The number of methoxy groups -OCH3 is 2. The lowest BCUT2D eigenvalue weighted by molar-refractivity contribution is -0.387. The Bertz CT molecular complexity index is 304. The Labute approximate surface area is 74.3 Å². The minimum Gasteiger partial charge on any atom is -0.490 e. The third-order valence-corrected chi connectivity index (χ3v) is 1.45. The number of pyridine rings is 1. The summed E-state index contributed by atoms with van der Waals surface area (Å²) >= 11 is 0. The van der Waals surface area contributed by atoms with Crippen LogP contribution in [0.1, 0.15) is 0 Å². The number of nitro groups is 1. The summed E-state index contributed by atoms with van der Waals surface area (Å²) in [6.07, 6.45) is 1.38. The molecule has 0 amide bonds.